The molecule has 2 aliphatic heterocycles. The minimum atomic E-state index is 0.127. The number of piperazine rings is 1. The van der Waals surface area contributed by atoms with E-state index in [1.165, 1.54) is 11.3 Å². The Labute approximate surface area is 170 Å². The summed E-state index contributed by atoms with van der Waals surface area (Å²) >= 11 is 1.48. The molecule has 152 valence electrons. The second-order valence-corrected chi connectivity index (χ2v) is 8.61. The topological polar surface area (TPSA) is 70.6 Å². The normalized spacial score (nSPS) is 20.8. The van der Waals surface area contributed by atoms with E-state index in [9.17, 15) is 4.79 Å². The predicted molar refractivity (Wildman–Crippen MR) is 112 cm³/mol. The monoisotopic (exact) mass is 403 g/mol. The summed E-state index contributed by atoms with van der Waals surface area (Å²) in [6, 6.07) is 0. The molecule has 0 aromatic carbocycles. The molecule has 2 aromatic heterocycles. The minimum Gasteiger partial charge on any atom is -0.376 e. The molecular formula is C20H29N5O2S. The zero-order chi connectivity index (χ0) is 19.5. The van der Waals surface area contributed by atoms with Gasteiger partial charge in [-0.25, -0.2) is 9.97 Å². The van der Waals surface area contributed by atoms with Crippen molar-refractivity contribution in [1.29, 1.82) is 0 Å². The lowest BCUT2D eigenvalue weighted by Gasteiger charge is -2.34. The van der Waals surface area contributed by atoms with Crippen molar-refractivity contribution in [3.63, 3.8) is 0 Å². The number of hydrogen-bond acceptors (Lipinski definition) is 7. The Morgan fingerprint density at radius 2 is 2.14 bits per heavy atom. The number of nitrogens with zero attached hydrogens (tertiary/aromatic N) is 4. The average molecular weight is 404 g/mol. The lowest BCUT2D eigenvalue weighted by molar-refractivity contribution is 0.0641. The van der Waals surface area contributed by atoms with Crippen LogP contribution in [0.1, 0.15) is 41.4 Å². The standard InChI is InChI=1S/C20H29N5O2S/c1-3-6-24-7-9-25(10-8-24)20(26)17-14(2)16-18(22-13-23-19(16)28-17)21-12-15-5-4-11-27-15/h13,15H,3-12H2,1-2H3,(H,21,22,23)/t15-/m0/s1. The first-order valence-corrected chi connectivity index (χ1v) is 11.1. The van der Waals surface area contributed by atoms with Crippen LogP contribution >= 0.6 is 11.3 Å². The summed E-state index contributed by atoms with van der Waals surface area (Å²) in [5, 5.41) is 4.39. The first-order chi connectivity index (χ1) is 13.7. The quantitative estimate of drug-likeness (QED) is 0.800. The molecule has 0 spiro atoms. The highest BCUT2D eigenvalue weighted by Gasteiger charge is 2.26. The van der Waals surface area contributed by atoms with Crippen LogP contribution in [0.15, 0.2) is 6.33 Å². The number of ether oxygens (including phenoxy) is 1. The van der Waals surface area contributed by atoms with Gasteiger partial charge in [0.2, 0.25) is 0 Å². The fourth-order valence-corrected chi connectivity index (χ4v) is 5.18. The van der Waals surface area contributed by atoms with E-state index in [-0.39, 0.29) is 12.0 Å². The minimum absolute atomic E-state index is 0.127. The van der Waals surface area contributed by atoms with Crippen LogP contribution in [-0.2, 0) is 4.74 Å². The molecular weight excluding hydrogens is 374 g/mol. The number of thiophene rings is 1. The number of aryl methyl sites for hydroxylation is 1. The molecule has 0 saturated carbocycles. The third-order valence-corrected chi connectivity index (χ3v) is 6.83. The van der Waals surface area contributed by atoms with Crippen molar-refractivity contribution < 1.29 is 9.53 Å². The highest BCUT2D eigenvalue weighted by atomic mass is 32.1. The highest BCUT2D eigenvalue weighted by Crippen LogP contribution is 2.34. The van der Waals surface area contributed by atoms with Gasteiger partial charge in [0, 0.05) is 39.3 Å². The third kappa shape index (κ3) is 3.99. The van der Waals surface area contributed by atoms with Gasteiger partial charge in [0.15, 0.2) is 0 Å². The molecule has 4 heterocycles. The molecule has 1 atom stereocenters. The van der Waals surface area contributed by atoms with Gasteiger partial charge in [-0.15, -0.1) is 11.3 Å². The van der Waals surface area contributed by atoms with Crippen molar-refractivity contribution in [1.82, 2.24) is 19.8 Å². The SMILES string of the molecule is CCCN1CCN(C(=O)c2sc3ncnc(NC[C@@H]4CCCO4)c3c2C)CC1. The number of aromatic nitrogens is 2. The van der Waals surface area contributed by atoms with Gasteiger partial charge in [-0.2, -0.15) is 0 Å². The Bertz CT molecular complexity index is 825. The molecule has 1 amide bonds. The first-order valence-electron chi connectivity index (χ1n) is 10.3. The van der Waals surface area contributed by atoms with Crippen molar-refractivity contribution in [2.75, 3.05) is 51.2 Å². The van der Waals surface area contributed by atoms with Crippen LogP contribution in [0.3, 0.4) is 0 Å². The van der Waals surface area contributed by atoms with Crippen molar-refractivity contribution in [3.8, 4) is 0 Å². The molecule has 2 fully saturated rings. The molecule has 2 aromatic rings. The van der Waals surface area contributed by atoms with Gasteiger partial charge < -0.3 is 15.0 Å². The van der Waals surface area contributed by atoms with Crippen molar-refractivity contribution in [2.45, 2.75) is 39.2 Å². The number of hydrogen-bond donors (Lipinski definition) is 1. The second kappa shape index (κ2) is 8.71. The maximum Gasteiger partial charge on any atom is 0.264 e. The number of rotatable bonds is 6. The fourth-order valence-electron chi connectivity index (χ4n) is 4.06. The molecule has 7 nitrogen and oxygen atoms in total. The van der Waals surface area contributed by atoms with Crippen molar-refractivity contribution >= 4 is 33.3 Å². The molecule has 0 radical (unpaired) electrons. The number of carbonyl (C=O) groups is 1. The van der Waals surface area contributed by atoms with E-state index in [0.717, 1.165) is 91.6 Å². The zero-order valence-electron chi connectivity index (χ0n) is 16.7. The number of nitrogens with one attached hydrogen (secondary N) is 1. The van der Waals surface area contributed by atoms with Crippen LogP contribution in [-0.4, -0.2) is 77.7 Å². The summed E-state index contributed by atoms with van der Waals surface area (Å²) in [7, 11) is 0. The van der Waals surface area contributed by atoms with Crippen LogP contribution in [0.4, 0.5) is 5.82 Å². The van der Waals surface area contributed by atoms with Gasteiger partial charge in [-0.1, -0.05) is 6.92 Å². The molecule has 0 unspecified atom stereocenters. The summed E-state index contributed by atoms with van der Waals surface area (Å²) in [4.78, 5) is 28.1. The molecule has 4 rings (SSSR count). The first kappa shape index (κ1) is 19.5. The van der Waals surface area contributed by atoms with Crippen LogP contribution in [0.5, 0.6) is 0 Å². The summed E-state index contributed by atoms with van der Waals surface area (Å²) in [6.07, 6.45) is 5.17. The maximum atomic E-state index is 13.2. The third-order valence-electron chi connectivity index (χ3n) is 5.64. The Kier molecular flexibility index (Phi) is 6.08. The molecule has 2 aliphatic rings. The van der Waals surface area contributed by atoms with Gasteiger partial charge in [-0.05, 0) is 38.3 Å². The Balaban J connectivity index is 1.51. The lowest BCUT2D eigenvalue weighted by atomic mass is 10.1. The van der Waals surface area contributed by atoms with E-state index in [1.807, 2.05) is 11.8 Å². The van der Waals surface area contributed by atoms with Crippen LogP contribution in [0, 0.1) is 6.92 Å². The highest BCUT2D eigenvalue weighted by molar-refractivity contribution is 7.20. The summed E-state index contributed by atoms with van der Waals surface area (Å²) in [6.45, 7) is 10.4. The molecule has 28 heavy (non-hydrogen) atoms. The smallest absolute Gasteiger partial charge is 0.264 e. The maximum absolute atomic E-state index is 13.2. The Morgan fingerprint density at radius 3 is 2.86 bits per heavy atom. The lowest BCUT2D eigenvalue weighted by Crippen LogP contribution is -2.48. The van der Waals surface area contributed by atoms with Crippen LogP contribution < -0.4 is 5.32 Å². The van der Waals surface area contributed by atoms with E-state index < -0.39 is 0 Å². The van der Waals surface area contributed by atoms with Gasteiger partial charge >= 0.3 is 0 Å². The van der Waals surface area contributed by atoms with Gasteiger partial charge in [-0.3, -0.25) is 9.69 Å². The number of fused-ring (bicyclic) bond motifs is 1. The van der Waals surface area contributed by atoms with E-state index in [0.29, 0.717) is 0 Å². The number of carbonyl (C=O) groups excluding carboxylic acids is 1. The number of anilines is 1. The van der Waals surface area contributed by atoms with E-state index in [2.05, 4.69) is 27.1 Å². The summed E-state index contributed by atoms with van der Waals surface area (Å²) in [5.74, 6) is 0.933. The largest absolute Gasteiger partial charge is 0.376 e. The van der Waals surface area contributed by atoms with Crippen molar-refractivity contribution in [2.24, 2.45) is 0 Å². The number of amides is 1. The Hall–Kier alpha value is -1.77. The van der Waals surface area contributed by atoms with E-state index >= 15 is 0 Å². The molecule has 1 N–H and O–H groups in total. The second-order valence-electron chi connectivity index (χ2n) is 7.61. The Morgan fingerprint density at radius 1 is 1.32 bits per heavy atom. The molecule has 0 aliphatic carbocycles. The average Bonchev–Trinajstić information content (AvgIpc) is 3.35. The fraction of sp³-hybridized carbons (Fsp3) is 0.650. The van der Waals surface area contributed by atoms with Crippen LogP contribution in [0.2, 0.25) is 0 Å². The summed E-state index contributed by atoms with van der Waals surface area (Å²) in [5.41, 5.74) is 0.983. The van der Waals surface area contributed by atoms with E-state index in [4.69, 9.17) is 4.74 Å². The summed E-state index contributed by atoms with van der Waals surface area (Å²) < 4.78 is 5.70. The molecule has 8 heteroatoms. The van der Waals surface area contributed by atoms with Gasteiger partial charge in [0.1, 0.15) is 17.0 Å². The van der Waals surface area contributed by atoms with Gasteiger partial charge in [0.25, 0.3) is 5.91 Å². The van der Waals surface area contributed by atoms with Crippen molar-refractivity contribution in [3.05, 3.63) is 16.8 Å². The van der Waals surface area contributed by atoms with Gasteiger partial charge in [0.05, 0.1) is 16.4 Å². The molecule has 0 bridgehead atoms. The zero-order valence-corrected chi connectivity index (χ0v) is 17.6. The van der Waals surface area contributed by atoms with Crippen LogP contribution in [0.25, 0.3) is 10.2 Å². The predicted octanol–water partition coefficient (Wildman–Crippen LogP) is 2.76. The van der Waals surface area contributed by atoms with E-state index in [1.54, 1.807) is 6.33 Å². The molecule has 2 saturated heterocycles.